The van der Waals surface area contributed by atoms with Gasteiger partial charge in [-0.05, 0) is 49.7 Å². The van der Waals surface area contributed by atoms with Crippen LogP contribution in [0.4, 0.5) is 5.13 Å². The molecule has 2 aliphatic rings. The second-order valence-corrected chi connectivity index (χ2v) is 9.81. The second kappa shape index (κ2) is 11.2. The van der Waals surface area contributed by atoms with Gasteiger partial charge in [0.1, 0.15) is 36.2 Å². The first kappa shape index (κ1) is 26.9. The van der Waals surface area contributed by atoms with Gasteiger partial charge in [-0.3, -0.25) is 14.5 Å². The summed E-state index contributed by atoms with van der Waals surface area (Å²) in [6.45, 7) is 8.12. The molecule has 1 amide bonds. The molecule has 0 spiro atoms. The number of anilines is 1. The molecule has 1 unspecified atom stereocenters. The number of carbonyl (C=O) groups is 3. The zero-order chi connectivity index (χ0) is 28.4. The zero-order valence-electron chi connectivity index (χ0n) is 21.8. The number of esters is 1. The fraction of sp³-hybridized carbons (Fsp3) is 0.241. The maximum atomic E-state index is 13.5. The van der Waals surface area contributed by atoms with E-state index in [2.05, 4.69) is 11.6 Å². The predicted molar refractivity (Wildman–Crippen MR) is 147 cm³/mol. The minimum atomic E-state index is -1.07. The Hall–Kier alpha value is -4.64. The van der Waals surface area contributed by atoms with E-state index in [4.69, 9.17) is 18.9 Å². The molecule has 1 atom stereocenters. The number of nitrogens with zero attached hydrogens (tertiary/aromatic N) is 2. The Morgan fingerprint density at radius 3 is 2.73 bits per heavy atom. The van der Waals surface area contributed by atoms with Gasteiger partial charge in [0.2, 0.25) is 0 Å². The lowest BCUT2D eigenvalue weighted by molar-refractivity contribution is -0.132. The second-order valence-electron chi connectivity index (χ2n) is 8.83. The average molecular weight is 563 g/mol. The number of aromatic nitrogens is 1. The Labute approximate surface area is 234 Å². The van der Waals surface area contributed by atoms with Crippen molar-refractivity contribution in [1.29, 1.82) is 0 Å². The first-order valence-electron chi connectivity index (χ1n) is 12.5. The summed E-state index contributed by atoms with van der Waals surface area (Å²) >= 11 is 0.937. The normalized spacial score (nSPS) is 17.6. The lowest BCUT2D eigenvalue weighted by Crippen LogP contribution is -2.29. The summed E-state index contributed by atoms with van der Waals surface area (Å²) in [4.78, 5) is 45.4. The molecule has 0 saturated carbocycles. The summed E-state index contributed by atoms with van der Waals surface area (Å²) < 4.78 is 22.0. The molecular formula is C29H26N2O8S. The molecule has 10 nitrogen and oxygen atoms in total. The van der Waals surface area contributed by atoms with Crippen molar-refractivity contribution in [3.8, 4) is 17.2 Å². The highest BCUT2D eigenvalue weighted by molar-refractivity contribution is 7.17. The number of ketones is 1. The van der Waals surface area contributed by atoms with Crippen LogP contribution in [0.15, 0.2) is 60.7 Å². The molecule has 1 saturated heterocycles. The molecule has 2 aliphatic heterocycles. The van der Waals surface area contributed by atoms with E-state index in [9.17, 15) is 19.5 Å². The molecular weight excluding hydrogens is 536 g/mol. The summed E-state index contributed by atoms with van der Waals surface area (Å²) in [5, 5.41) is 11.6. The first-order valence-corrected chi connectivity index (χ1v) is 13.3. The number of aliphatic hydroxyl groups is 1. The number of aryl methyl sites for hydroxylation is 1. The van der Waals surface area contributed by atoms with Crippen molar-refractivity contribution in [2.24, 2.45) is 0 Å². The van der Waals surface area contributed by atoms with Gasteiger partial charge in [-0.25, -0.2) is 9.78 Å². The van der Waals surface area contributed by atoms with E-state index in [0.717, 1.165) is 11.3 Å². The molecule has 5 rings (SSSR count). The quantitative estimate of drug-likeness (QED) is 0.138. The summed E-state index contributed by atoms with van der Waals surface area (Å²) in [6.07, 6.45) is 1.59. The predicted octanol–water partition coefficient (Wildman–Crippen LogP) is 4.59. The number of rotatable bonds is 8. The molecule has 0 aliphatic carbocycles. The summed E-state index contributed by atoms with van der Waals surface area (Å²) in [7, 11) is 0. The van der Waals surface area contributed by atoms with Gasteiger partial charge in [-0.15, -0.1) is 0 Å². The molecule has 206 valence electrons. The van der Waals surface area contributed by atoms with Gasteiger partial charge in [-0.2, -0.15) is 0 Å². The van der Waals surface area contributed by atoms with Crippen LogP contribution in [-0.2, 0) is 14.3 Å². The Kier molecular flexibility index (Phi) is 7.56. The standard InChI is InChI=1S/C29H26N2O8S/c1-4-11-37-19-8-6-7-17(14-19)23-22(24(32)18-9-10-20-21(15-18)39-13-12-38-20)25(33)27(34)31(23)29-30-16(3)26(40-29)28(35)36-5-2/h4,6-10,14-15,23,32H,1,5,11-13H2,2-3H3/b24-22+. The van der Waals surface area contributed by atoms with Gasteiger partial charge in [-0.1, -0.05) is 36.1 Å². The number of benzene rings is 2. The number of hydrogen-bond donors (Lipinski definition) is 1. The monoisotopic (exact) mass is 562 g/mol. The van der Waals surface area contributed by atoms with E-state index < -0.39 is 23.7 Å². The highest BCUT2D eigenvalue weighted by Crippen LogP contribution is 2.45. The van der Waals surface area contributed by atoms with Crippen LogP contribution in [-0.4, -0.2) is 54.2 Å². The summed E-state index contributed by atoms with van der Waals surface area (Å²) in [5.41, 5.74) is 0.973. The van der Waals surface area contributed by atoms with Crippen LogP contribution in [0.1, 0.15) is 39.5 Å². The third-order valence-corrected chi connectivity index (χ3v) is 7.39. The Morgan fingerprint density at radius 1 is 1.20 bits per heavy atom. The van der Waals surface area contributed by atoms with Gasteiger partial charge in [0.25, 0.3) is 5.78 Å². The smallest absolute Gasteiger partial charge is 0.350 e. The third kappa shape index (κ3) is 4.91. The minimum Gasteiger partial charge on any atom is -0.507 e. The Balaban J connectivity index is 1.67. The van der Waals surface area contributed by atoms with E-state index in [1.807, 2.05) is 0 Å². The van der Waals surface area contributed by atoms with E-state index in [-0.39, 0.29) is 40.1 Å². The van der Waals surface area contributed by atoms with Crippen molar-refractivity contribution in [1.82, 2.24) is 4.98 Å². The third-order valence-electron chi connectivity index (χ3n) is 6.25. The lowest BCUT2D eigenvalue weighted by Gasteiger charge is -2.23. The molecule has 0 bridgehead atoms. The molecule has 1 N–H and O–H groups in total. The van der Waals surface area contributed by atoms with Crippen LogP contribution in [0, 0.1) is 6.92 Å². The van der Waals surface area contributed by atoms with Crippen molar-refractivity contribution in [3.63, 3.8) is 0 Å². The summed E-state index contributed by atoms with van der Waals surface area (Å²) in [6, 6.07) is 10.6. The largest absolute Gasteiger partial charge is 0.507 e. The number of thiazole rings is 1. The van der Waals surface area contributed by atoms with E-state index in [1.165, 1.54) is 4.90 Å². The number of fused-ring (bicyclic) bond motifs is 1. The van der Waals surface area contributed by atoms with Gasteiger partial charge in [0.05, 0.1) is 23.9 Å². The van der Waals surface area contributed by atoms with Gasteiger partial charge < -0.3 is 24.1 Å². The van der Waals surface area contributed by atoms with Crippen LogP contribution in [0.2, 0.25) is 0 Å². The van der Waals surface area contributed by atoms with E-state index >= 15 is 0 Å². The lowest BCUT2D eigenvalue weighted by atomic mass is 9.95. The van der Waals surface area contributed by atoms with Crippen molar-refractivity contribution in [2.45, 2.75) is 19.9 Å². The van der Waals surface area contributed by atoms with Gasteiger partial charge >= 0.3 is 11.9 Å². The number of Topliss-reactive ketones (excluding diaryl/α,β-unsaturated/α-hetero) is 1. The van der Waals surface area contributed by atoms with Crippen molar-refractivity contribution in [3.05, 3.63) is 82.4 Å². The van der Waals surface area contributed by atoms with Crippen LogP contribution in [0.25, 0.3) is 5.76 Å². The van der Waals surface area contributed by atoms with Crippen LogP contribution in [0.3, 0.4) is 0 Å². The number of carbonyl (C=O) groups excluding carboxylic acids is 3. The maximum Gasteiger partial charge on any atom is 0.350 e. The minimum absolute atomic E-state index is 0.117. The molecule has 11 heteroatoms. The van der Waals surface area contributed by atoms with Crippen LogP contribution < -0.4 is 19.1 Å². The SMILES string of the molecule is C=CCOc1cccc(C2/C(=C(\O)c3ccc4c(c3)OCCO4)C(=O)C(=O)N2c2nc(C)c(C(=O)OCC)s2)c1. The number of aliphatic hydroxyl groups excluding tert-OH is 1. The van der Waals surface area contributed by atoms with Gasteiger partial charge in [0, 0.05) is 5.56 Å². The van der Waals surface area contributed by atoms with E-state index in [0.29, 0.717) is 41.7 Å². The molecule has 3 aromatic rings. The fourth-order valence-electron chi connectivity index (χ4n) is 4.49. The number of hydrogen-bond acceptors (Lipinski definition) is 10. The topological polar surface area (TPSA) is 124 Å². The molecule has 0 radical (unpaired) electrons. The number of ether oxygens (including phenoxy) is 4. The highest BCUT2D eigenvalue weighted by atomic mass is 32.1. The van der Waals surface area contributed by atoms with Crippen molar-refractivity contribution < 1.29 is 38.4 Å². The van der Waals surface area contributed by atoms with Crippen LogP contribution >= 0.6 is 11.3 Å². The molecule has 3 heterocycles. The molecule has 1 fully saturated rings. The molecule has 40 heavy (non-hydrogen) atoms. The maximum absolute atomic E-state index is 13.5. The van der Waals surface area contributed by atoms with E-state index in [1.54, 1.807) is 62.4 Å². The first-order chi connectivity index (χ1) is 19.3. The Morgan fingerprint density at radius 2 is 1.98 bits per heavy atom. The molecule has 2 aromatic carbocycles. The fourth-order valence-corrected chi connectivity index (χ4v) is 5.48. The zero-order valence-corrected chi connectivity index (χ0v) is 22.7. The average Bonchev–Trinajstić information content (AvgIpc) is 3.47. The number of amides is 1. The summed E-state index contributed by atoms with van der Waals surface area (Å²) in [5.74, 6) is -1.37. The van der Waals surface area contributed by atoms with Crippen LogP contribution in [0.5, 0.6) is 17.2 Å². The van der Waals surface area contributed by atoms with Crippen molar-refractivity contribution in [2.75, 3.05) is 31.3 Å². The Bertz CT molecular complexity index is 1540. The highest BCUT2D eigenvalue weighted by Gasteiger charge is 2.48. The molecule has 1 aromatic heterocycles. The van der Waals surface area contributed by atoms with Crippen molar-refractivity contribution >= 4 is 39.9 Å². The van der Waals surface area contributed by atoms with Gasteiger partial charge in [0.15, 0.2) is 16.6 Å².